The Morgan fingerprint density at radius 3 is 2.68 bits per heavy atom. The number of carbonyl (C=O) groups is 1. The third kappa shape index (κ3) is 4.60. The molecular weight excluding hydrogens is 314 g/mol. The number of aliphatic hydroxyl groups excluding tert-OH is 1. The molecule has 0 heterocycles. The van der Waals surface area contributed by atoms with Gasteiger partial charge in [-0.05, 0) is 60.4 Å². The minimum atomic E-state index is -0.309. The highest BCUT2D eigenvalue weighted by Crippen LogP contribution is 2.33. The number of amides is 1. The summed E-state index contributed by atoms with van der Waals surface area (Å²) in [5, 5.41) is 21.9. The van der Waals surface area contributed by atoms with Gasteiger partial charge in [-0.25, -0.2) is 0 Å². The second-order valence-electron chi connectivity index (χ2n) is 6.81. The Labute approximate surface area is 148 Å². The maximum absolute atomic E-state index is 12.5. The van der Waals surface area contributed by atoms with Crippen LogP contribution in [0, 0.1) is 0 Å². The van der Waals surface area contributed by atoms with Gasteiger partial charge in [0, 0.05) is 6.42 Å². The number of nitrogens with one attached hydrogen (secondary N) is 1. The Kier molecular flexibility index (Phi) is 5.71. The number of rotatable bonds is 6. The van der Waals surface area contributed by atoms with Crippen molar-refractivity contribution in [3.8, 4) is 5.75 Å². The van der Waals surface area contributed by atoms with Gasteiger partial charge in [-0.2, -0.15) is 0 Å². The number of aliphatic hydroxyl groups is 1. The average Bonchev–Trinajstić information content (AvgIpc) is 2.63. The number of phenols is 1. The van der Waals surface area contributed by atoms with Gasteiger partial charge in [0.15, 0.2) is 0 Å². The van der Waals surface area contributed by atoms with Crippen LogP contribution in [0.3, 0.4) is 0 Å². The molecule has 0 radical (unpaired) electrons. The van der Waals surface area contributed by atoms with E-state index in [-0.39, 0.29) is 30.2 Å². The lowest BCUT2D eigenvalue weighted by Crippen LogP contribution is -2.39. The standard InChI is InChI=1S/C21H25NO3/c23-14-18(12-15-8-10-19(24)11-9-15)22-21(25)13-17-6-3-5-16-4-1-2-7-20(16)17/h1-2,4,7-11,17-18,23-24H,3,5-6,12-14H2,(H,22,25)/t17?,18-/m0/s1. The lowest BCUT2D eigenvalue weighted by atomic mass is 9.81. The highest BCUT2D eigenvalue weighted by molar-refractivity contribution is 5.77. The summed E-state index contributed by atoms with van der Waals surface area (Å²) < 4.78 is 0. The van der Waals surface area contributed by atoms with Gasteiger partial charge >= 0.3 is 0 Å². The van der Waals surface area contributed by atoms with Crippen molar-refractivity contribution in [1.29, 1.82) is 0 Å². The molecule has 1 aliphatic carbocycles. The van der Waals surface area contributed by atoms with Crippen molar-refractivity contribution >= 4 is 5.91 Å². The number of carbonyl (C=O) groups excluding carboxylic acids is 1. The van der Waals surface area contributed by atoms with Crippen LogP contribution in [-0.4, -0.2) is 28.8 Å². The first kappa shape index (κ1) is 17.5. The zero-order valence-electron chi connectivity index (χ0n) is 14.3. The van der Waals surface area contributed by atoms with Gasteiger partial charge < -0.3 is 15.5 Å². The van der Waals surface area contributed by atoms with E-state index in [2.05, 4.69) is 23.5 Å². The fourth-order valence-electron chi connectivity index (χ4n) is 3.65. The van der Waals surface area contributed by atoms with Crippen molar-refractivity contribution in [1.82, 2.24) is 5.32 Å². The maximum atomic E-state index is 12.5. The molecule has 3 N–H and O–H groups in total. The van der Waals surface area contributed by atoms with Crippen LogP contribution in [0.2, 0.25) is 0 Å². The molecule has 0 aliphatic heterocycles. The molecule has 3 rings (SSSR count). The normalized spacial score (nSPS) is 17.6. The molecule has 0 saturated carbocycles. The highest BCUT2D eigenvalue weighted by Gasteiger charge is 2.23. The monoisotopic (exact) mass is 339 g/mol. The van der Waals surface area contributed by atoms with E-state index in [1.807, 2.05) is 18.2 Å². The number of aryl methyl sites for hydroxylation is 1. The smallest absolute Gasteiger partial charge is 0.220 e. The van der Waals surface area contributed by atoms with Gasteiger partial charge in [0.25, 0.3) is 0 Å². The molecule has 4 heteroatoms. The van der Waals surface area contributed by atoms with Gasteiger partial charge in [0.1, 0.15) is 5.75 Å². The van der Waals surface area contributed by atoms with Gasteiger partial charge in [0.05, 0.1) is 12.6 Å². The summed E-state index contributed by atoms with van der Waals surface area (Å²) in [5.74, 6) is 0.460. The minimum Gasteiger partial charge on any atom is -0.508 e. The molecule has 1 amide bonds. The van der Waals surface area contributed by atoms with Crippen molar-refractivity contribution in [2.45, 2.75) is 44.1 Å². The number of phenolic OH excluding ortho intramolecular Hbond substituents is 1. The van der Waals surface area contributed by atoms with Crippen LogP contribution in [0.15, 0.2) is 48.5 Å². The number of aromatic hydroxyl groups is 1. The SMILES string of the molecule is O=C(CC1CCCc2ccccc21)N[C@H](CO)Cc1ccc(O)cc1. The topological polar surface area (TPSA) is 69.6 Å². The van der Waals surface area contributed by atoms with Gasteiger partial charge in [-0.15, -0.1) is 0 Å². The average molecular weight is 339 g/mol. The van der Waals surface area contributed by atoms with Gasteiger partial charge in [-0.3, -0.25) is 4.79 Å². The fourth-order valence-corrected chi connectivity index (χ4v) is 3.65. The van der Waals surface area contributed by atoms with Crippen molar-refractivity contribution < 1.29 is 15.0 Å². The lowest BCUT2D eigenvalue weighted by Gasteiger charge is -2.26. The third-order valence-corrected chi connectivity index (χ3v) is 4.93. The number of fused-ring (bicyclic) bond motifs is 1. The van der Waals surface area contributed by atoms with E-state index in [9.17, 15) is 15.0 Å². The van der Waals surface area contributed by atoms with E-state index in [1.165, 1.54) is 11.1 Å². The van der Waals surface area contributed by atoms with Crippen LogP contribution in [0.1, 0.15) is 41.9 Å². The fraction of sp³-hybridized carbons (Fsp3) is 0.381. The summed E-state index contributed by atoms with van der Waals surface area (Å²) in [5.41, 5.74) is 3.62. The number of benzene rings is 2. The molecule has 1 unspecified atom stereocenters. The molecule has 25 heavy (non-hydrogen) atoms. The predicted octanol–water partition coefficient (Wildman–Crippen LogP) is 2.92. The Morgan fingerprint density at radius 1 is 1.16 bits per heavy atom. The molecule has 132 valence electrons. The molecule has 0 saturated heterocycles. The van der Waals surface area contributed by atoms with Crippen LogP contribution in [0.4, 0.5) is 0 Å². The van der Waals surface area contributed by atoms with Crippen LogP contribution >= 0.6 is 0 Å². The Morgan fingerprint density at radius 2 is 1.92 bits per heavy atom. The zero-order valence-corrected chi connectivity index (χ0v) is 14.3. The van der Waals surface area contributed by atoms with E-state index in [0.717, 1.165) is 24.8 Å². The summed E-state index contributed by atoms with van der Waals surface area (Å²) in [7, 11) is 0. The molecule has 0 aromatic heterocycles. The summed E-state index contributed by atoms with van der Waals surface area (Å²) in [4.78, 5) is 12.5. The van der Waals surface area contributed by atoms with Crippen LogP contribution < -0.4 is 5.32 Å². The first-order valence-corrected chi connectivity index (χ1v) is 8.91. The molecule has 2 atom stereocenters. The third-order valence-electron chi connectivity index (χ3n) is 4.93. The maximum Gasteiger partial charge on any atom is 0.220 e. The zero-order chi connectivity index (χ0) is 17.6. The van der Waals surface area contributed by atoms with E-state index in [4.69, 9.17) is 0 Å². The lowest BCUT2D eigenvalue weighted by molar-refractivity contribution is -0.122. The van der Waals surface area contributed by atoms with Crippen molar-refractivity contribution in [2.75, 3.05) is 6.61 Å². The minimum absolute atomic E-state index is 0.0143. The molecule has 0 fully saturated rings. The Bertz CT molecular complexity index is 711. The number of hydrogen-bond acceptors (Lipinski definition) is 3. The van der Waals surface area contributed by atoms with Crippen LogP contribution in [0.25, 0.3) is 0 Å². The molecule has 4 nitrogen and oxygen atoms in total. The Balaban J connectivity index is 1.59. The van der Waals surface area contributed by atoms with Crippen LogP contribution in [0.5, 0.6) is 5.75 Å². The van der Waals surface area contributed by atoms with E-state index < -0.39 is 0 Å². The summed E-state index contributed by atoms with van der Waals surface area (Å²) in [6.07, 6.45) is 4.25. The first-order chi connectivity index (χ1) is 12.2. The van der Waals surface area contributed by atoms with Crippen LogP contribution in [-0.2, 0) is 17.6 Å². The molecule has 2 aromatic rings. The first-order valence-electron chi connectivity index (χ1n) is 8.91. The van der Waals surface area contributed by atoms with E-state index >= 15 is 0 Å². The van der Waals surface area contributed by atoms with E-state index in [1.54, 1.807) is 12.1 Å². The molecule has 0 spiro atoms. The van der Waals surface area contributed by atoms with E-state index in [0.29, 0.717) is 12.8 Å². The van der Waals surface area contributed by atoms with Gasteiger partial charge in [-0.1, -0.05) is 36.4 Å². The van der Waals surface area contributed by atoms with Gasteiger partial charge in [0.2, 0.25) is 5.91 Å². The molecule has 1 aliphatic rings. The van der Waals surface area contributed by atoms with Crippen molar-refractivity contribution in [2.24, 2.45) is 0 Å². The summed E-state index contributed by atoms with van der Waals surface area (Å²) in [6.45, 7) is -0.103. The second kappa shape index (κ2) is 8.17. The highest BCUT2D eigenvalue weighted by atomic mass is 16.3. The molecule has 2 aromatic carbocycles. The quantitative estimate of drug-likeness (QED) is 0.758. The van der Waals surface area contributed by atoms with Crippen molar-refractivity contribution in [3.05, 3.63) is 65.2 Å². The second-order valence-corrected chi connectivity index (χ2v) is 6.81. The number of hydrogen-bond donors (Lipinski definition) is 3. The summed E-state index contributed by atoms with van der Waals surface area (Å²) >= 11 is 0. The Hall–Kier alpha value is -2.33. The summed E-state index contributed by atoms with van der Waals surface area (Å²) in [6, 6.07) is 14.9. The van der Waals surface area contributed by atoms with Crippen molar-refractivity contribution in [3.63, 3.8) is 0 Å². The molecular formula is C21H25NO3. The largest absolute Gasteiger partial charge is 0.508 e. The predicted molar refractivity (Wildman–Crippen MR) is 97.6 cm³/mol. The molecule has 0 bridgehead atoms.